The maximum Gasteiger partial charge on any atom is 0.255 e. The van der Waals surface area contributed by atoms with Gasteiger partial charge in [0, 0.05) is 19.6 Å². The number of ether oxygens (including phenoxy) is 1. The number of hydrogen-bond acceptors (Lipinski definition) is 4. The summed E-state index contributed by atoms with van der Waals surface area (Å²) in [5.41, 5.74) is 0.253. The molecular weight excluding hydrogens is 352 g/mol. The molecule has 1 N–H and O–H groups in total. The molecule has 0 unspecified atom stereocenters. The van der Waals surface area contributed by atoms with Gasteiger partial charge in [0.25, 0.3) is 5.91 Å². The molecule has 1 aliphatic rings. The van der Waals surface area contributed by atoms with Gasteiger partial charge in [-0.05, 0) is 49.3 Å². The van der Waals surface area contributed by atoms with Crippen LogP contribution in [0.4, 0.5) is 0 Å². The lowest BCUT2D eigenvalue weighted by molar-refractivity contribution is 0.0948. The number of amides is 1. The first kappa shape index (κ1) is 20.7. The zero-order chi connectivity index (χ0) is 19.3. The summed E-state index contributed by atoms with van der Waals surface area (Å²) in [7, 11) is -2.13. The van der Waals surface area contributed by atoms with Crippen molar-refractivity contribution < 1.29 is 17.9 Å². The van der Waals surface area contributed by atoms with Gasteiger partial charge in [-0.3, -0.25) is 4.79 Å². The first-order valence-corrected chi connectivity index (χ1v) is 10.7. The van der Waals surface area contributed by atoms with E-state index >= 15 is 0 Å². The van der Waals surface area contributed by atoms with Crippen LogP contribution in [0.1, 0.15) is 50.4 Å². The molecule has 0 atom stereocenters. The summed E-state index contributed by atoms with van der Waals surface area (Å²) in [6, 6.07) is 4.49. The maximum atomic E-state index is 12.9. The van der Waals surface area contributed by atoms with E-state index in [1.54, 1.807) is 6.07 Å². The highest BCUT2D eigenvalue weighted by Crippen LogP contribution is 2.27. The number of carbonyl (C=O) groups is 1. The van der Waals surface area contributed by atoms with Crippen LogP contribution in [-0.4, -0.2) is 45.4 Å². The molecule has 1 aromatic carbocycles. The van der Waals surface area contributed by atoms with Crippen molar-refractivity contribution >= 4 is 15.9 Å². The van der Waals surface area contributed by atoms with Crippen molar-refractivity contribution in [3.05, 3.63) is 23.8 Å². The zero-order valence-corrected chi connectivity index (χ0v) is 16.9. The summed E-state index contributed by atoms with van der Waals surface area (Å²) in [6.07, 6.45) is 2.58. The van der Waals surface area contributed by atoms with Gasteiger partial charge in [0.1, 0.15) is 5.75 Å². The number of methoxy groups -OCH3 is 1. The van der Waals surface area contributed by atoms with Crippen LogP contribution in [0.2, 0.25) is 0 Å². The number of nitrogens with zero attached hydrogens (tertiary/aromatic N) is 1. The molecule has 6 nitrogen and oxygen atoms in total. The molecule has 1 aliphatic heterocycles. The van der Waals surface area contributed by atoms with E-state index in [9.17, 15) is 13.2 Å². The van der Waals surface area contributed by atoms with E-state index in [0.29, 0.717) is 37.2 Å². The molecule has 0 saturated carbocycles. The Hall–Kier alpha value is -1.60. The molecule has 0 spiro atoms. The van der Waals surface area contributed by atoms with E-state index < -0.39 is 10.0 Å². The summed E-state index contributed by atoms with van der Waals surface area (Å²) >= 11 is 0. The van der Waals surface area contributed by atoms with Gasteiger partial charge in [-0.2, -0.15) is 4.31 Å². The van der Waals surface area contributed by atoms with Gasteiger partial charge in [-0.25, -0.2) is 8.42 Å². The molecule has 2 rings (SSSR count). The van der Waals surface area contributed by atoms with Gasteiger partial charge in [0.05, 0.1) is 17.6 Å². The van der Waals surface area contributed by atoms with Crippen molar-refractivity contribution in [1.82, 2.24) is 9.62 Å². The standard InChI is InChI=1S/C19H30N2O4S/c1-14(2)7-10-20-19(22)17-13-16(5-6-18(17)25-4)26(23,24)21-11-8-15(3)9-12-21/h5-6,13-15H,7-12H2,1-4H3,(H,20,22). The summed E-state index contributed by atoms with van der Waals surface area (Å²) < 4.78 is 32.6. The predicted octanol–water partition coefficient (Wildman–Crippen LogP) is 2.89. The van der Waals surface area contributed by atoms with Crippen LogP contribution in [0.15, 0.2) is 23.1 Å². The first-order valence-electron chi connectivity index (χ1n) is 9.22. The van der Waals surface area contributed by atoms with E-state index in [1.165, 1.54) is 23.5 Å². The van der Waals surface area contributed by atoms with Crippen LogP contribution in [0.25, 0.3) is 0 Å². The Morgan fingerprint density at radius 2 is 1.96 bits per heavy atom. The minimum absolute atomic E-state index is 0.141. The molecule has 1 aromatic rings. The third-order valence-corrected chi connectivity index (χ3v) is 6.70. The highest BCUT2D eigenvalue weighted by atomic mass is 32.2. The Labute approximate surface area is 157 Å². The average Bonchev–Trinajstić information content (AvgIpc) is 2.61. The minimum Gasteiger partial charge on any atom is -0.496 e. The van der Waals surface area contributed by atoms with E-state index in [1.807, 2.05) is 0 Å². The molecule has 7 heteroatoms. The fourth-order valence-corrected chi connectivity index (χ4v) is 4.47. The Morgan fingerprint density at radius 3 is 2.54 bits per heavy atom. The van der Waals surface area contributed by atoms with Crippen LogP contribution in [0, 0.1) is 11.8 Å². The van der Waals surface area contributed by atoms with E-state index in [2.05, 4.69) is 26.1 Å². The Morgan fingerprint density at radius 1 is 1.31 bits per heavy atom. The van der Waals surface area contributed by atoms with Gasteiger partial charge in [-0.1, -0.05) is 20.8 Å². The van der Waals surface area contributed by atoms with E-state index in [-0.39, 0.29) is 16.4 Å². The van der Waals surface area contributed by atoms with Gasteiger partial charge in [-0.15, -0.1) is 0 Å². The van der Waals surface area contributed by atoms with E-state index in [4.69, 9.17) is 4.74 Å². The molecule has 1 heterocycles. The van der Waals surface area contributed by atoms with E-state index in [0.717, 1.165) is 19.3 Å². The molecule has 26 heavy (non-hydrogen) atoms. The molecule has 0 aromatic heterocycles. The fourth-order valence-electron chi connectivity index (χ4n) is 2.97. The average molecular weight is 383 g/mol. The number of hydrogen-bond donors (Lipinski definition) is 1. The second kappa shape index (κ2) is 8.86. The lowest BCUT2D eigenvalue weighted by Gasteiger charge is -2.29. The second-order valence-electron chi connectivity index (χ2n) is 7.39. The Bertz CT molecular complexity index is 723. The molecule has 146 valence electrons. The molecular formula is C19H30N2O4S. The molecule has 1 fully saturated rings. The van der Waals surface area contributed by atoms with Crippen molar-refractivity contribution in [2.45, 2.75) is 44.9 Å². The van der Waals surface area contributed by atoms with Crippen molar-refractivity contribution in [2.24, 2.45) is 11.8 Å². The monoisotopic (exact) mass is 382 g/mol. The SMILES string of the molecule is COc1ccc(S(=O)(=O)N2CCC(C)CC2)cc1C(=O)NCCC(C)C. The number of benzene rings is 1. The second-order valence-corrected chi connectivity index (χ2v) is 9.33. The van der Waals surface area contributed by atoms with Crippen LogP contribution in [-0.2, 0) is 10.0 Å². The third-order valence-electron chi connectivity index (χ3n) is 4.80. The highest BCUT2D eigenvalue weighted by molar-refractivity contribution is 7.89. The molecule has 0 aliphatic carbocycles. The number of piperidine rings is 1. The number of nitrogens with one attached hydrogen (secondary N) is 1. The topological polar surface area (TPSA) is 75.7 Å². The Balaban J connectivity index is 2.23. The lowest BCUT2D eigenvalue weighted by atomic mass is 10.0. The smallest absolute Gasteiger partial charge is 0.255 e. The van der Waals surface area contributed by atoms with Crippen LogP contribution >= 0.6 is 0 Å². The fraction of sp³-hybridized carbons (Fsp3) is 0.632. The van der Waals surface area contributed by atoms with Gasteiger partial charge >= 0.3 is 0 Å². The summed E-state index contributed by atoms with van der Waals surface area (Å²) in [5, 5.41) is 2.84. The number of carbonyl (C=O) groups excluding carboxylic acids is 1. The van der Waals surface area contributed by atoms with Crippen LogP contribution in [0.5, 0.6) is 5.75 Å². The summed E-state index contributed by atoms with van der Waals surface area (Å²) in [4.78, 5) is 12.6. The predicted molar refractivity (Wildman–Crippen MR) is 102 cm³/mol. The molecule has 0 radical (unpaired) electrons. The first-order chi connectivity index (χ1) is 12.3. The molecule has 1 amide bonds. The van der Waals surface area contributed by atoms with Gasteiger partial charge in [0.15, 0.2) is 0 Å². The summed E-state index contributed by atoms with van der Waals surface area (Å²) in [5.74, 6) is 1.08. The third kappa shape index (κ3) is 4.98. The van der Waals surface area contributed by atoms with Crippen LogP contribution < -0.4 is 10.1 Å². The number of rotatable bonds is 7. The minimum atomic E-state index is -3.60. The van der Waals surface area contributed by atoms with Crippen molar-refractivity contribution in [3.63, 3.8) is 0 Å². The van der Waals surface area contributed by atoms with Crippen molar-refractivity contribution in [2.75, 3.05) is 26.7 Å². The summed E-state index contributed by atoms with van der Waals surface area (Å²) in [6.45, 7) is 7.88. The zero-order valence-electron chi connectivity index (χ0n) is 16.1. The lowest BCUT2D eigenvalue weighted by Crippen LogP contribution is -2.38. The Kier molecular flexibility index (Phi) is 7.06. The normalized spacial score (nSPS) is 16.7. The molecule has 1 saturated heterocycles. The maximum absolute atomic E-state index is 12.9. The van der Waals surface area contributed by atoms with Crippen molar-refractivity contribution in [1.29, 1.82) is 0 Å². The van der Waals surface area contributed by atoms with Gasteiger partial charge < -0.3 is 10.1 Å². The quantitative estimate of drug-likeness (QED) is 0.787. The largest absolute Gasteiger partial charge is 0.496 e. The van der Waals surface area contributed by atoms with Crippen LogP contribution in [0.3, 0.4) is 0 Å². The van der Waals surface area contributed by atoms with Crippen molar-refractivity contribution in [3.8, 4) is 5.75 Å². The number of sulfonamides is 1. The highest BCUT2D eigenvalue weighted by Gasteiger charge is 2.29. The van der Waals surface area contributed by atoms with Gasteiger partial charge in [0.2, 0.25) is 10.0 Å². The molecule has 0 bridgehead atoms.